The van der Waals surface area contributed by atoms with E-state index in [9.17, 15) is 20.0 Å². The summed E-state index contributed by atoms with van der Waals surface area (Å²) in [4.78, 5) is 26.8. The maximum absolute atomic E-state index is 13.5. The van der Waals surface area contributed by atoms with E-state index < -0.39 is 40.9 Å². The van der Waals surface area contributed by atoms with Gasteiger partial charge in [-0.15, -0.1) is 0 Å². The highest BCUT2D eigenvalue weighted by Gasteiger charge is 2.53. The lowest BCUT2D eigenvalue weighted by atomic mass is 9.65. The van der Waals surface area contributed by atoms with E-state index in [1.165, 1.54) is 45.6 Å². The van der Waals surface area contributed by atoms with Crippen molar-refractivity contribution in [3.8, 4) is 28.7 Å². The van der Waals surface area contributed by atoms with Gasteiger partial charge in [-0.2, -0.15) is 5.23 Å². The van der Waals surface area contributed by atoms with Gasteiger partial charge in [0, 0.05) is 29.5 Å². The largest absolute Gasteiger partial charge is 0.595 e. The number of benzene rings is 3. The molecular formula is C29H28N2O10. The Labute approximate surface area is 234 Å². The Morgan fingerprint density at radius 2 is 1.66 bits per heavy atom. The van der Waals surface area contributed by atoms with Crippen LogP contribution in [0.3, 0.4) is 0 Å². The quantitative estimate of drug-likeness (QED) is 0.288. The Kier molecular flexibility index (Phi) is 6.81. The Morgan fingerprint density at radius 3 is 2.29 bits per heavy atom. The van der Waals surface area contributed by atoms with Crippen molar-refractivity contribution in [3.05, 3.63) is 76.0 Å². The minimum atomic E-state index is -1.14. The summed E-state index contributed by atoms with van der Waals surface area (Å²) in [6.07, 6.45) is 0. The zero-order valence-electron chi connectivity index (χ0n) is 22.5. The molecule has 3 N–H and O–H groups in total. The lowest BCUT2D eigenvalue weighted by molar-refractivity contribution is -0.991. The highest BCUT2D eigenvalue weighted by Crippen LogP contribution is 2.55. The second-order valence-electron chi connectivity index (χ2n) is 9.93. The first kappa shape index (κ1) is 26.7. The summed E-state index contributed by atoms with van der Waals surface area (Å²) in [5, 5.41) is 22.8. The molecule has 0 spiro atoms. The third kappa shape index (κ3) is 4.46. The lowest BCUT2D eigenvalue weighted by Gasteiger charge is -2.39. The molecular weight excluding hydrogens is 536 g/mol. The van der Waals surface area contributed by atoms with Gasteiger partial charge in [0.2, 0.25) is 12.5 Å². The standard InChI is InChI=1S/C29H28N2O10/c1-36-22-8-15(9-23(37-2)27(22)38-3)24-17-10-20-21(41-13-40-20)11-18(17)26(19-12-39-29(33)25(19)24)30-28(32)14-5-4-6-16(7-14)31(34)35/h4-11,19,24-26,31,34H,12-13H2,1-3H3,(H,30,32). The number of methoxy groups -OCH3 is 3. The summed E-state index contributed by atoms with van der Waals surface area (Å²) in [6.45, 7) is 0.124. The summed E-state index contributed by atoms with van der Waals surface area (Å²) in [5.74, 6) is -0.172. The van der Waals surface area contributed by atoms with Gasteiger partial charge >= 0.3 is 5.97 Å². The molecule has 2 heterocycles. The second kappa shape index (κ2) is 10.5. The van der Waals surface area contributed by atoms with Crippen molar-refractivity contribution >= 4 is 17.6 Å². The molecule has 3 aromatic carbocycles. The van der Waals surface area contributed by atoms with Gasteiger partial charge in [0.05, 0.1) is 39.9 Å². The first-order valence-corrected chi connectivity index (χ1v) is 12.9. The molecule has 12 nitrogen and oxygen atoms in total. The van der Waals surface area contributed by atoms with Gasteiger partial charge in [0.1, 0.15) is 0 Å². The smallest absolute Gasteiger partial charge is 0.310 e. The number of rotatable bonds is 7. The van der Waals surface area contributed by atoms with E-state index in [1.807, 2.05) is 12.1 Å². The molecule has 6 rings (SSSR count). The Hall–Kier alpha value is -4.52. The molecule has 5 unspecified atom stereocenters. The molecule has 41 heavy (non-hydrogen) atoms. The fourth-order valence-electron chi connectivity index (χ4n) is 6.05. The molecule has 12 heteroatoms. The van der Waals surface area contributed by atoms with Gasteiger partial charge in [-0.05, 0) is 47.0 Å². The topological polar surface area (TPSA) is 149 Å². The lowest BCUT2D eigenvalue weighted by Crippen LogP contribution is -2.99. The van der Waals surface area contributed by atoms with Crippen LogP contribution in [0.2, 0.25) is 0 Å². The molecule has 214 valence electrons. The van der Waals surface area contributed by atoms with Crippen LogP contribution in [-0.4, -0.2) is 51.8 Å². The van der Waals surface area contributed by atoms with Gasteiger partial charge in [-0.3, -0.25) is 9.59 Å². The fourth-order valence-corrected chi connectivity index (χ4v) is 6.05. The van der Waals surface area contributed by atoms with Crippen LogP contribution < -0.4 is 34.2 Å². The summed E-state index contributed by atoms with van der Waals surface area (Å²) in [5.41, 5.74) is 2.38. The maximum Gasteiger partial charge on any atom is 0.310 e. The molecule has 2 aliphatic heterocycles. The van der Waals surface area contributed by atoms with Crippen molar-refractivity contribution in [2.75, 3.05) is 34.7 Å². The van der Waals surface area contributed by atoms with Crippen molar-refractivity contribution in [1.82, 2.24) is 5.32 Å². The van der Waals surface area contributed by atoms with Crippen molar-refractivity contribution in [3.63, 3.8) is 0 Å². The number of ether oxygens (including phenoxy) is 6. The number of hydrogen-bond acceptors (Lipinski definition) is 10. The van der Waals surface area contributed by atoms with Crippen LogP contribution in [-0.2, 0) is 9.53 Å². The summed E-state index contributed by atoms with van der Waals surface area (Å²) in [7, 11) is 4.55. The van der Waals surface area contributed by atoms with Crippen LogP contribution >= 0.6 is 0 Å². The maximum atomic E-state index is 13.5. The minimum absolute atomic E-state index is 0.00946. The highest BCUT2D eigenvalue weighted by atomic mass is 16.8. The number of quaternary nitrogens is 1. The summed E-state index contributed by atoms with van der Waals surface area (Å²) >= 11 is 0. The van der Waals surface area contributed by atoms with Crippen molar-refractivity contribution < 1.29 is 48.4 Å². The van der Waals surface area contributed by atoms with Crippen molar-refractivity contribution in [2.24, 2.45) is 11.8 Å². The van der Waals surface area contributed by atoms with E-state index in [-0.39, 0.29) is 24.7 Å². The van der Waals surface area contributed by atoms with Crippen LogP contribution in [0.15, 0.2) is 48.5 Å². The third-order valence-corrected chi connectivity index (χ3v) is 7.89. The number of amides is 1. The second-order valence-corrected chi connectivity index (χ2v) is 9.93. The van der Waals surface area contributed by atoms with Crippen LogP contribution in [0.4, 0.5) is 5.69 Å². The first-order valence-electron chi connectivity index (χ1n) is 12.9. The van der Waals surface area contributed by atoms with Gasteiger partial charge in [-0.1, -0.05) is 6.07 Å². The fraction of sp³-hybridized carbons (Fsp3) is 0.310. The number of nitrogens with one attached hydrogen (secondary N) is 2. The molecule has 1 amide bonds. The van der Waals surface area contributed by atoms with Crippen LogP contribution in [0.5, 0.6) is 28.7 Å². The molecule has 0 aromatic heterocycles. The van der Waals surface area contributed by atoms with Crippen LogP contribution in [0.1, 0.15) is 39.0 Å². The SMILES string of the molecule is COc1cc(C2c3cc4c(cc3C(NC(=O)c3cccc([NH+]([O-])O)c3)C3COC(=O)C23)OCO4)cc(OC)c1OC. The summed E-state index contributed by atoms with van der Waals surface area (Å²) < 4.78 is 33.6. The Morgan fingerprint density at radius 1 is 0.976 bits per heavy atom. The molecule has 5 atom stereocenters. The number of hydrogen-bond donors (Lipinski definition) is 3. The van der Waals surface area contributed by atoms with E-state index in [0.29, 0.717) is 28.7 Å². The molecule has 0 radical (unpaired) electrons. The predicted octanol–water partition coefficient (Wildman–Crippen LogP) is 2.25. The van der Waals surface area contributed by atoms with Gasteiger partial charge in [0.25, 0.3) is 5.91 Å². The monoisotopic (exact) mass is 564 g/mol. The van der Waals surface area contributed by atoms with Crippen molar-refractivity contribution in [2.45, 2.75) is 12.0 Å². The number of fused-ring (bicyclic) bond motifs is 3. The number of cyclic esters (lactones) is 1. The predicted molar refractivity (Wildman–Crippen MR) is 141 cm³/mol. The van der Waals surface area contributed by atoms with E-state index in [2.05, 4.69) is 5.32 Å². The van der Waals surface area contributed by atoms with Crippen LogP contribution in [0.25, 0.3) is 0 Å². The van der Waals surface area contributed by atoms with Crippen LogP contribution in [0, 0.1) is 17.0 Å². The molecule has 1 aliphatic carbocycles. The van der Waals surface area contributed by atoms with E-state index >= 15 is 0 Å². The van der Waals surface area contributed by atoms with Gasteiger partial charge in [0.15, 0.2) is 28.7 Å². The number of carbonyl (C=O) groups is 2. The minimum Gasteiger partial charge on any atom is -0.595 e. The molecule has 1 fully saturated rings. The summed E-state index contributed by atoms with van der Waals surface area (Å²) in [6, 6.07) is 12.4. The Bertz CT molecular complexity index is 1500. The van der Waals surface area contributed by atoms with Crippen molar-refractivity contribution in [1.29, 1.82) is 0 Å². The first-order chi connectivity index (χ1) is 19.8. The Balaban J connectivity index is 1.49. The van der Waals surface area contributed by atoms with Gasteiger partial charge < -0.3 is 38.9 Å². The van der Waals surface area contributed by atoms with E-state index in [4.69, 9.17) is 28.4 Å². The molecule has 0 bridgehead atoms. The van der Waals surface area contributed by atoms with Gasteiger partial charge in [-0.25, -0.2) is 5.21 Å². The number of esters is 1. The molecule has 3 aliphatic rings. The highest BCUT2D eigenvalue weighted by molar-refractivity contribution is 5.95. The average molecular weight is 565 g/mol. The molecule has 1 saturated heterocycles. The third-order valence-electron chi connectivity index (χ3n) is 7.89. The number of carbonyl (C=O) groups excluding carboxylic acids is 2. The molecule has 0 saturated carbocycles. The molecule has 3 aromatic rings. The zero-order valence-corrected chi connectivity index (χ0v) is 22.5. The van der Waals surface area contributed by atoms with E-state index in [0.717, 1.165) is 16.7 Å². The van der Waals surface area contributed by atoms with E-state index in [1.54, 1.807) is 12.1 Å². The average Bonchev–Trinajstić information content (AvgIpc) is 3.61. The zero-order chi connectivity index (χ0) is 28.8. The normalized spacial score (nSPS) is 22.7.